The third kappa shape index (κ3) is 2.61. The number of hydrogen-bond acceptors (Lipinski definition) is 5. The quantitative estimate of drug-likeness (QED) is 0.778. The van der Waals surface area contributed by atoms with E-state index in [1.807, 2.05) is 35.2 Å². The molecule has 4 rings (SSSR count). The van der Waals surface area contributed by atoms with Gasteiger partial charge in [0.05, 0.1) is 10.2 Å². The molecule has 0 saturated carbocycles. The number of nitrogens with zero attached hydrogens (tertiary/aromatic N) is 3. The summed E-state index contributed by atoms with van der Waals surface area (Å²) in [4.78, 5) is 23.6. The lowest BCUT2D eigenvalue weighted by Gasteiger charge is -2.23. The van der Waals surface area contributed by atoms with Crippen LogP contribution in [0.15, 0.2) is 36.7 Å². The maximum absolute atomic E-state index is 11.7. The van der Waals surface area contributed by atoms with E-state index in [4.69, 9.17) is 17.3 Å². The van der Waals surface area contributed by atoms with Crippen molar-refractivity contribution in [2.24, 2.45) is 5.73 Å². The van der Waals surface area contributed by atoms with Crippen LogP contribution in [0.4, 0.5) is 5.82 Å². The predicted octanol–water partition coefficient (Wildman–Crippen LogP) is 3.47. The number of fused-ring (bicyclic) bond motifs is 1. The Bertz CT molecular complexity index is 909. The van der Waals surface area contributed by atoms with Gasteiger partial charge in [0.25, 0.3) is 0 Å². The zero-order valence-corrected chi connectivity index (χ0v) is 14.3. The molecule has 5 nitrogen and oxygen atoms in total. The van der Waals surface area contributed by atoms with Gasteiger partial charge < -0.3 is 10.6 Å². The fraction of sp³-hybridized carbons (Fsp3) is 0.235. The van der Waals surface area contributed by atoms with Gasteiger partial charge in [-0.1, -0.05) is 23.7 Å². The Labute approximate surface area is 148 Å². The molecule has 122 valence electrons. The molecule has 1 aromatic carbocycles. The third-order valence-corrected chi connectivity index (χ3v) is 5.70. The largest absolute Gasteiger partial charge is 0.368 e. The summed E-state index contributed by atoms with van der Waals surface area (Å²) in [5, 5.41) is 0.710. The van der Waals surface area contributed by atoms with E-state index in [1.54, 1.807) is 17.7 Å². The second-order valence-electron chi connectivity index (χ2n) is 5.78. The van der Waals surface area contributed by atoms with Crippen LogP contribution in [-0.2, 0) is 4.79 Å². The number of halogens is 1. The average Bonchev–Trinajstić information content (AvgIpc) is 3.22. The van der Waals surface area contributed by atoms with Crippen molar-refractivity contribution in [2.75, 3.05) is 11.4 Å². The zero-order valence-electron chi connectivity index (χ0n) is 12.8. The molecule has 1 aliphatic rings. The summed E-state index contributed by atoms with van der Waals surface area (Å²) in [5.41, 5.74) is 7.51. The first-order chi connectivity index (χ1) is 11.6. The summed E-state index contributed by atoms with van der Waals surface area (Å²) in [5.74, 6) is 0.500. The van der Waals surface area contributed by atoms with Gasteiger partial charge in [0, 0.05) is 16.4 Å². The Morgan fingerprint density at radius 3 is 2.83 bits per heavy atom. The summed E-state index contributed by atoms with van der Waals surface area (Å²) in [7, 11) is 0. The number of aromatic nitrogens is 2. The molecule has 3 heterocycles. The maximum atomic E-state index is 11.7. The molecule has 7 heteroatoms. The van der Waals surface area contributed by atoms with E-state index >= 15 is 0 Å². The van der Waals surface area contributed by atoms with Gasteiger partial charge in [-0.05, 0) is 36.6 Å². The fourth-order valence-corrected chi connectivity index (χ4v) is 4.37. The van der Waals surface area contributed by atoms with E-state index in [2.05, 4.69) is 9.97 Å². The van der Waals surface area contributed by atoms with Crippen molar-refractivity contribution < 1.29 is 4.79 Å². The number of anilines is 1. The molecule has 0 spiro atoms. The minimum absolute atomic E-state index is 0.288. The Balaban J connectivity index is 1.80. The second-order valence-corrected chi connectivity index (χ2v) is 7.27. The van der Waals surface area contributed by atoms with Crippen molar-refractivity contribution in [3.63, 3.8) is 0 Å². The Morgan fingerprint density at radius 2 is 2.08 bits per heavy atom. The molecule has 0 radical (unpaired) electrons. The Hall–Kier alpha value is -2.18. The number of nitrogens with two attached hydrogens (primary N) is 1. The van der Waals surface area contributed by atoms with Crippen molar-refractivity contribution >= 4 is 44.9 Å². The van der Waals surface area contributed by atoms with Crippen molar-refractivity contribution in [1.29, 1.82) is 0 Å². The predicted molar refractivity (Wildman–Crippen MR) is 97.4 cm³/mol. The highest BCUT2D eigenvalue weighted by Crippen LogP contribution is 2.38. The number of benzene rings is 1. The number of carbonyl (C=O) groups is 1. The molecule has 1 amide bonds. The van der Waals surface area contributed by atoms with E-state index < -0.39 is 0 Å². The van der Waals surface area contributed by atoms with Gasteiger partial charge in [0.1, 0.15) is 12.4 Å². The SMILES string of the molecule is NC(=O)[C@@H]1CCCN1c1ncnc2cc(-c3ccc(Cl)cc3)sc12. The van der Waals surface area contributed by atoms with E-state index in [9.17, 15) is 4.79 Å². The lowest BCUT2D eigenvalue weighted by Crippen LogP contribution is -2.40. The number of thiophene rings is 1. The van der Waals surface area contributed by atoms with Gasteiger partial charge in [0.2, 0.25) is 5.91 Å². The number of hydrogen-bond donors (Lipinski definition) is 1. The first kappa shape index (κ1) is 15.4. The van der Waals surface area contributed by atoms with Crippen LogP contribution in [0.25, 0.3) is 20.7 Å². The van der Waals surface area contributed by atoms with Crippen molar-refractivity contribution in [3.05, 3.63) is 41.7 Å². The number of amides is 1. The average molecular weight is 359 g/mol. The molecule has 0 unspecified atom stereocenters. The summed E-state index contributed by atoms with van der Waals surface area (Å²) in [6.07, 6.45) is 3.26. The highest BCUT2D eigenvalue weighted by Gasteiger charge is 2.31. The van der Waals surface area contributed by atoms with Crippen LogP contribution in [-0.4, -0.2) is 28.5 Å². The maximum Gasteiger partial charge on any atom is 0.240 e. The molecule has 24 heavy (non-hydrogen) atoms. The molecule has 3 aromatic rings. The molecule has 0 bridgehead atoms. The summed E-state index contributed by atoms with van der Waals surface area (Å²) in [6.45, 7) is 0.786. The van der Waals surface area contributed by atoms with E-state index in [0.29, 0.717) is 5.02 Å². The van der Waals surface area contributed by atoms with Gasteiger partial charge in [-0.3, -0.25) is 4.79 Å². The van der Waals surface area contributed by atoms with E-state index in [0.717, 1.165) is 45.9 Å². The highest BCUT2D eigenvalue weighted by molar-refractivity contribution is 7.22. The lowest BCUT2D eigenvalue weighted by atomic mass is 10.2. The zero-order chi connectivity index (χ0) is 16.7. The normalized spacial score (nSPS) is 17.5. The lowest BCUT2D eigenvalue weighted by molar-refractivity contribution is -0.119. The smallest absolute Gasteiger partial charge is 0.240 e. The van der Waals surface area contributed by atoms with Crippen LogP contribution in [0.1, 0.15) is 12.8 Å². The topological polar surface area (TPSA) is 72.1 Å². The third-order valence-electron chi connectivity index (χ3n) is 4.27. The van der Waals surface area contributed by atoms with Crippen LogP contribution in [0.2, 0.25) is 5.02 Å². The van der Waals surface area contributed by atoms with Crippen LogP contribution >= 0.6 is 22.9 Å². The van der Waals surface area contributed by atoms with Gasteiger partial charge >= 0.3 is 0 Å². The number of carbonyl (C=O) groups excluding carboxylic acids is 1. The molecule has 0 aliphatic carbocycles. The minimum Gasteiger partial charge on any atom is -0.368 e. The van der Waals surface area contributed by atoms with E-state index in [-0.39, 0.29) is 11.9 Å². The standard InChI is InChI=1S/C17H15ClN4OS/c18-11-5-3-10(4-6-11)14-8-12-15(24-14)17(21-9-20-12)22-7-1-2-13(22)16(19)23/h3-6,8-9,13H,1-2,7H2,(H2,19,23)/t13-/m0/s1. The molecular formula is C17H15ClN4OS. The highest BCUT2D eigenvalue weighted by atomic mass is 35.5. The summed E-state index contributed by atoms with van der Waals surface area (Å²) in [6, 6.07) is 9.48. The van der Waals surface area contributed by atoms with Crippen molar-refractivity contribution in [1.82, 2.24) is 9.97 Å². The molecular weight excluding hydrogens is 344 g/mol. The van der Waals surface area contributed by atoms with Gasteiger partial charge in [-0.25, -0.2) is 9.97 Å². The first-order valence-corrected chi connectivity index (χ1v) is 8.89. The molecule has 2 N–H and O–H groups in total. The monoisotopic (exact) mass is 358 g/mol. The fourth-order valence-electron chi connectivity index (χ4n) is 3.12. The van der Waals surface area contributed by atoms with Crippen LogP contribution in [0.3, 0.4) is 0 Å². The Morgan fingerprint density at radius 1 is 1.29 bits per heavy atom. The molecule has 1 aliphatic heterocycles. The molecule has 1 saturated heterocycles. The number of rotatable bonds is 3. The second kappa shape index (κ2) is 6.03. The van der Waals surface area contributed by atoms with Crippen LogP contribution in [0.5, 0.6) is 0 Å². The van der Waals surface area contributed by atoms with Gasteiger partial charge in [-0.15, -0.1) is 11.3 Å². The first-order valence-electron chi connectivity index (χ1n) is 7.70. The van der Waals surface area contributed by atoms with Crippen LogP contribution < -0.4 is 10.6 Å². The molecule has 1 fully saturated rings. The van der Waals surface area contributed by atoms with Gasteiger partial charge in [0.15, 0.2) is 5.82 Å². The van der Waals surface area contributed by atoms with Crippen LogP contribution in [0, 0.1) is 0 Å². The van der Waals surface area contributed by atoms with Gasteiger partial charge in [-0.2, -0.15) is 0 Å². The minimum atomic E-state index is -0.297. The summed E-state index contributed by atoms with van der Waals surface area (Å²) < 4.78 is 0.982. The number of primary amides is 1. The summed E-state index contributed by atoms with van der Waals surface area (Å²) >= 11 is 7.59. The molecule has 1 atom stereocenters. The Kier molecular flexibility index (Phi) is 3.86. The van der Waals surface area contributed by atoms with E-state index in [1.165, 1.54) is 0 Å². The van der Waals surface area contributed by atoms with Crippen molar-refractivity contribution in [2.45, 2.75) is 18.9 Å². The van der Waals surface area contributed by atoms with Crippen molar-refractivity contribution in [3.8, 4) is 10.4 Å². The molecule has 2 aromatic heterocycles.